The third-order valence-corrected chi connectivity index (χ3v) is 4.95. The molecule has 0 aliphatic carbocycles. The molecule has 0 saturated carbocycles. The Labute approximate surface area is 167 Å². The van der Waals surface area contributed by atoms with Crippen molar-refractivity contribution in [2.24, 2.45) is 5.92 Å². The number of urea groups is 1. The number of aliphatic hydroxyl groups is 1. The van der Waals surface area contributed by atoms with E-state index in [0.717, 1.165) is 0 Å². The van der Waals surface area contributed by atoms with Gasteiger partial charge in [0.15, 0.2) is 5.78 Å². The van der Waals surface area contributed by atoms with Crippen LogP contribution in [0.5, 0.6) is 0 Å². The number of nitrogens with one attached hydrogen (secondary N) is 2. The molecule has 0 spiro atoms. The number of Topliss-reactive ketones (excluding diaryl/α,β-unsaturated/α-hetero) is 1. The van der Waals surface area contributed by atoms with Crippen molar-refractivity contribution in [1.82, 2.24) is 10.6 Å². The second-order valence-electron chi connectivity index (χ2n) is 6.24. The van der Waals surface area contributed by atoms with E-state index in [1.807, 2.05) is 0 Å². The lowest BCUT2D eigenvalue weighted by atomic mass is 9.77. The molecule has 0 bridgehead atoms. The van der Waals surface area contributed by atoms with Crippen molar-refractivity contribution in [3.05, 3.63) is 69.7 Å². The molecule has 1 saturated heterocycles. The lowest BCUT2D eigenvalue weighted by Crippen LogP contribution is -2.72. The standard InChI is InChI=1S/C18H13Cl2F3N2O3/c19-11-5-1-9(2-6-11)14-13(15(26)10-3-7-12(20)8-4-10)17(28,18(21,22)23)25-16(27)24-14/h1-8,13-14,28H,(H2,24,25,27)/t13-,14+,17-/m1/s1. The average Bonchev–Trinajstić information content (AvgIpc) is 2.61. The molecule has 1 aliphatic heterocycles. The van der Waals surface area contributed by atoms with Crippen molar-refractivity contribution in [1.29, 1.82) is 0 Å². The van der Waals surface area contributed by atoms with Crippen LogP contribution in [0.15, 0.2) is 48.5 Å². The molecule has 148 valence electrons. The molecule has 28 heavy (non-hydrogen) atoms. The van der Waals surface area contributed by atoms with Gasteiger partial charge in [-0.25, -0.2) is 4.79 Å². The summed E-state index contributed by atoms with van der Waals surface area (Å²) in [6, 6.07) is 8.01. The zero-order chi connectivity index (χ0) is 20.7. The molecule has 0 aromatic heterocycles. The zero-order valence-corrected chi connectivity index (χ0v) is 15.4. The Morgan fingerprint density at radius 2 is 1.50 bits per heavy atom. The molecule has 2 aromatic rings. The van der Waals surface area contributed by atoms with Crippen molar-refractivity contribution in [3.8, 4) is 0 Å². The lowest BCUT2D eigenvalue weighted by molar-refractivity contribution is -0.287. The highest BCUT2D eigenvalue weighted by molar-refractivity contribution is 6.30. The summed E-state index contributed by atoms with van der Waals surface area (Å²) in [6.45, 7) is 0. The fraction of sp³-hybridized carbons (Fsp3) is 0.222. The molecule has 0 radical (unpaired) electrons. The summed E-state index contributed by atoms with van der Waals surface area (Å²) in [6.07, 6.45) is -5.32. The van der Waals surface area contributed by atoms with Crippen molar-refractivity contribution in [3.63, 3.8) is 0 Å². The number of carbonyl (C=O) groups is 2. The molecule has 5 nitrogen and oxygen atoms in total. The number of rotatable bonds is 3. The highest BCUT2D eigenvalue weighted by Gasteiger charge is 2.66. The smallest absolute Gasteiger partial charge is 0.363 e. The molecule has 1 aliphatic rings. The topological polar surface area (TPSA) is 78.4 Å². The highest BCUT2D eigenvalue weighted by Crippen LogP contribution is 2.44. The molecule has 2 aromatic carbocycles. The maximum absolute atomic E-state index is 13.8. The van der Waals surface area contributed by atoms with Crippen LogP contribution in [0, 0.1) is 5.92 Å². The number of ketones is 1. The van der Waals surface area contributed by atoms with Crippen molar-refractivity contribution in [2.45, 2.75) is 17.9 Å². The molecule has 3 rings (SSSR count). The van der Waals surface area contributed by atoms with Crippen LogP contribution in [-0.4, -0.2) is 28.8 Å². The zero-order valence-electron chi connectivity index (χ0n) is 13.9. The third kappa shape index (κ3) is 3.67. The van der Waals surface area contributed by atoms with Crippen LogP contribution >= 0.6 is 23.2 Å². The summed E-state index contributed by atoms with van der Waals surface area (Å²) in [5.41, 5.74) is -3.71. The van der Waals surface area contributed by atoms with Gasteiger partial charge in [0.25, 0.3) is 0 Å². The fourth-order valence-corrected chi connectivity index (χ4v) is 3.33. The number of amides is 2. The van der Waals surface area contributed by atoms with Crippen LogP contribution in [-0.2, 0) is 0 Å². The lowest BCUT2D eigenvalue weighted by Gasteiger charge is -2.45. The van der Waals surface area contributed by atoms with E-state index in [1.54, 1.807) is 0 Å². The number of carbonyl (C=O) groups excluding carboxylic acids is 2. The number of benzene rings is 2. The second kappa shape index (κ2) is 7.27. The Balaban J connectivity index is 2.15. The van der Waals surface area contributed by atoms with E-state index in [-0.39, 0.29) is 16.1 Å². The minimum atomic E-state index is -5.32. The number of alkyl halides is 3. The molecule has 10 heteroatoms. The van der Waals surface area contributed by atoms with Gasteiger partial charge in [-0.3, -0.25) is 4.79 Å². The predicted molar refractivity (Wildman–Crippen MR) is 96.1 cm³/mol. The summed E-state index contributed by atoms with van der Waals surface area (Å²) in [5, 5.41) is 14.8. The van der Waals surface area contributed by atoms with Crippen molar-refractivity contribution in [2.75, 3.05) is 0 Å². The monoisotopic (exact) mass is 432 g/mol. The maximum atomic E-state index is 13.8. The highest BCUT2D eigenvalue weighted by atomic mass is 35.5. The van der Waals surface area contributed by atoms with Gasteiger partial charge in [-0.2, -0.15) is 13.2 Å². The number of halogens is 5. The fourth-order valence-electron chi connectivity index (χ4n) is 3.08. The molecule has 0 unspecified atom stereocenters. The summed E-state index contributed by atoms with van der Waals surface area (Å²) in [5.74, 6) is -3.13. The van der Waals surface area contributed by atoms with Crippen molar-refractivity contribution >= 4 is 35.0 Å². The summed E-state index contributed by atoms with van der Waals surface area (Å²) in [7, 11) is 0. The van der Waals surface area contributed by atoms with E-state index >= 15 is 0 Å². The van der Waals surface area contributed by atoms with Crippen LogP contribution in [0.2, 0.25) is 10.0 Å². The van der Waals surface area contributed by atoms with Crippen LogP contribution in [0.4, 0.5) is 18.0 Å². The van der Waals surface area contributed by atoms with Gasteiger partial charge < -0.3 is 15.7 Å². The quantitative estimate of drug-likeness (QED) is 0.638. The van der Waals surface area contributed by atoms with Gasteiger partial charge in [-0.1, -0.05) is 35.3 Å². The van der Waals surface area contributed by atoms with Gasteiger partial charge in [0.2, 0.25) is 5.72 Å². The van der Waals surface area contributed by atoms with Crippen LogP contribution in [0.25, 0.3) is 0 Å². The molecule has 3 N–H and O–H groups in total. The van der Waals surface area contributed by atoms with E-state index in [1.165, 1.54) is 53.8 Å². The summed E-state index contributed by atoms with van der Waals surface area (Å²) in [4.78, 5) is 24.9. The first-order chi connectivity index (χ1) is 13.0. The van der Waals surface area contributed by atoms with E-state index in [2.05, 4.69) is 5.32 Å². The molecule has 1 heterocycles. The van der Waals surface area contributed by atoms with Gasteiger partial charge in [0, 0.05) is 15.6 Å². The Morgan fingerprint density at radius 1 is 1.00 bits per heavy atom. The van der Waals surface area contributed by atoms with Gasteiger partial charge >= 0.3 is 12.2 Å². The Bertz CT molecular complexity index is 904. The number of hydrogen-bond donors (Lipinski definition) is 3. The van der Waals surface area contributed by atoms with Gasteiger partial charge in [-0.15, -0.1) is 0 Å². The SMILES string of the molecule is O=C1N[C@@H](c2ccc(Cl)cc2)[C@H](C(=O)c2ccc(Cl)cc2)[C@@](O)(C(F)(F)F)N1. The van der Waals surface area contributed by atoms with Gasteiger partial charge in [0.05, 0.1) is 6.04 Å². The first-order valence-corrected chi connectivity index (χ1v) is 8.71. The number of hydrogen-bond acceptors (Lipinski definition) is 3. The summed E-state index contributed by atoms with van der Waals surface area (Å²) >= 11 is 11.6. The Kier molecular flexibility index (Phi) is 5.31. The Morgan fingerprint density at radius 3 is 2.00 bits per heavy atom. The van der Waals surface area contributed by atoms with Crippen LogP contribution < -0.4 is 10.6 Å². The minimum absolute atomic E-state index is 0.103. The van der Waals surface area contributed by atoms with E-state index < -0.39 is 35.7 Å². The average molecular weight is 433 g/mol. The molecular formula is C18H13Cl2F3N2O3. The van der Waals surface area contributed by atoms with E-state index in [4.69, 9.17) is 23.2 Å². The first-order valence-electron chi connectivity index (χ1n) is 7.96. The molecule has 2 amide bonds. The van der Waals surface area contributed by atoms with Crippen LogP contribution in [0.1, 0.15) is 22.0 Å². The summed E-state index contributed by atoms with van der Waals surface area (Å²) < 4.78 is 41.3. The van der Waals surface area contributed by atoms with Crippen LogP contribution in [0.3, 0.4) is 0 Å². The largest absolute Gasteiger partial charge is 0.437 e. The first kappa shape index (κ1) is 20.4. The molecular weight excluding hydrogens is 420 g/mol. The third-order valence-electron chi connectivity index (χ3n) is 4.45. The molecule has 1 fully saturated rings. The second-order valence-corrected chi connectivity index (χ2v) is 7.11. The minimum Gasteiger partial charge on any atom is -0.363 e. The normalized spacial score (nSPS) is 25.0. The van der Waals surface area contributed by atoms with E-state index in [0.29, 0.717) is 5.02 Å². The van der Waals surface area contributed by atoms with Gasteiger partial charge in [-0.05, 0) is 42.0 Å². The van der Waals surface area contributed by atoms with E-state index in [9.17, 15) is 27.9 Å². The predicted octanol–water partition coefficient (Wildman–Crippen LogP) is 4.10. The van der Waals surface area contributed by atoms with Crippen molar-refractivity contribution < 1.29 is 27.9 Å². The van der Waals surface area contributed by atoms with Gasteiger partial charge in [0.1, 0.15) is 5.92 Å². The maximum Gasteiger partial charge on any atom is 0.437 e. The Hall–Kier alpha value is -2.29. The molecule has 3 atom stereocenters.